The molecule has 0 aliphatic heterocycles. The molecule has 5 nitrogen and oxygen atoms in total. The topological polar surface area (TPSA) is 69.6 Å². The summed E-state index contributed by atoms with van der Waals surface area (Å²) in [5.74, 6) is 0.929. The number of nitrogen functional groups attached to an aromatic ring is 1. The Morgan fingerprint density at radius 3 is 2.38 bits per heavy atom. The number of hydrogen-bond acceptors (Lipinski definition) is 4. The van der Waals surface area contributed by atoms with Crippen LogP contribution in [-0.2, 0) is 0 Å². The average molecular weight is 300 g/mol. The molecule has 2 N–H and O–H groups in total. The van der Waals surface area contributed by atoms with Gasteiger partial charge in [-0.3, -0.25) is 0 Å². The summed E-state index contributed by atoms with van der Waals surface area (Å²) in [5.41, 5.74) is 9.30. The fraction of sp³-hybridized carbons (Fsp3) is 0.133. The molecule has 1 aromatic carbocycles. The molecule has 0 atom stereocenters. The summed E-state index contributed by atoms with van der Waals surface area (Å²) in [6.07, 6.45) is 0. The molecular weight excluding hydrogens is 286 g/mol. The van der Waals surface area contributed by atoms with Gasteiger partial charge in [0.15, 0.2) is 0 Å². The molecule has 0 aliphatic rings. The molecule has 0 saturated heterocycles. The molecule has 21 heavy (non-hydrogen) atoms. The lowest BCUT2D eigenvalue weighted by atomic mass is 10.1. The molecule has 2 aromatic heterocycles. The van der Waals surface area contributed by atoms with Crippen LogP contribution in [0.1, 0.15) is 11.4 Å². The van der Waals surface area contributed by atoms with Crippen molar-refractivity contribution in [2.75, 3.05) is 5.73 Å². The van der Waals surface area contributed by atoms with Crippen molar-refractivity contribution >= 4 is 17.4 Å². The van der Waals surface area contributed by atoms with Gasteiger partial charge in [0.2, 0.25) is 0 Å². The van der Waals surface area contributed by atoms with Crippen LogP contribution < -0.4 is 5.73 Å². The Labute approximate surface area is 127 Å². The number of aromatic nitrogens is 4. The molecular formula is C15H14ClN5. The van der Waals surface area contributed by atoms with E-state index < -0.39 is 0 Å². The van der Waals surface area contributed by atoms with E-state index in [1.807, 2.05) is 44.2 Å². The van der Waals surface area contributed by atoms with Crippen LogP contribution in [0.25, 0.3) is 17.2 Å². The minimum absolute atomic E-state index is 0.461. The first-order chi connectivity index (χ1) is 10.0. The predicted molar refractivity (Wildman–Crippen MR) is 83.5 cm³/mol. The highest BCUT2D eigenvalue weighted by Crippen LogP contribution is 2.28. The van der Waals surface area contributed by atoms with Crippen molar-refractivity contribution in [2.45, 2.75) is 13.8 Å². The van der Waals surface area contributed by atoms with Crippen molar-refractivity contribution < 1.29 is 0 Å². The van der Waals surface area contributed by atoms with Gasteiger partial charge in [-0.25, -0.2) is 9.97 Å². The van der Waals surface area contributed by atoms with Crippen molar-refractivity contribution in [3.8, 4) is 17.2 Å². The number of nitrogens with two attached hydrogens (primary N) is 1. The minimum Gasteiger partial charge on any atom is -0.383 e. The SMILES string of the molecule is Cc1cc(C)nc(-n2nc(-c3ccccc3Cl)cc2N)n1. The highest BCUT2D eigenvalue weighted by atomic mass is 35.5. The van der Waals surface area contributed by atoms with E-state index in [9.17, 15) is 0 Å². The monoisotopic (exact) mass is 299 g/mol. The second-order valence-corrected chi connectivity index (χ2v) is 5.20. The zero-order valence-electron chi connectivity index (χ0n) is 11.7. The van der Waals surface area contributed by atoms with E-state index in [1.165, 1.54) is 4.68 Å². The van der Waals surface area contributed by atoms with Gasteiger partial charge in [-0.05, 0) is 26.0 Å². The standard InChI is InChI=1S/C15H14ClN5/c1-9-7-10(2)19-15(18-9)21-14(17)8-13(20-21)11-5-3-4-6-12(11)16/h3-8H,17H2,1-2H3. The second kappa shape index (κ2) is 5.18. The fourth-order valence-corrected chi connectivity index (χ4v) is 2.39. The maximum absolute atomic E-state index is 6.20. The Balaban J connectivity index is 2.12. The maximum atomic E-state index is 6.20. The Bertz CT molecular complexity index is 789. The number of nitrogens with zero attached hydrogens (tertiary/aromatic N) is 4. The zero-order valence-corrected chi connectivity index (χ0v) is 12.5. The third-order valence-corrected chi connectivity index (χ3v) is 3.38. The van der Waals surface area contributed by atoms with Gasteiger partial charge >= 0.3 is 0 Å². The molecule has 3 rings (SSSR count). The van der Waals surface area contributed by atoms with E-state index in [4.69, 9.17) is 17.3 Å². The van der Waals surface area contributed by atoms with Crippen molar-refractivity contribution in [3.63, 3.8) is 0 Å². The molecule has 0 spiro atoms. The summed E-state index contributed by atoms with van der Waals surface area (Å²) in [6.45, 7) is 3.82. The molecule has 0 unspecified atom stereocenters. The Morgan fingerprint density at radius 1 is 1.05 bits per heavy atom. The van der Waals surface area contributed by atoms with Crippen molar-refractivity contribution in [2.24, 2.45) is 0 Å². The van der Waals surface area contributed by atoms with Crippen LogP contribution in [0.4, 0.5) is 5.82 Å². The van der Waals surface area contributed by atoms with E-state index in [0.29, 0.717) is 22.5 Å². The Morgan fingerprint density at radius 2 is 1.71 bits per heavy atom. The van der Waals surface area contributed by atoms with E-state index in [2.05, 4.69) is 15.1 Å². The van der Waals surface area contributed by atoms with E-state index in [0.717, 1.165) is 17.0 Å². The Hall–Kier alpha value is -2.40. The van der Waals surface area contributed by atoms with Gasteiger partial charge in [0.1, 0.15) is 5.82 Å². The lowest BCUT2D eigenvalue weighted by Gasteiger charge is -2.04. The quantitative estimate of drug-likeness (QED) is 0.789. The third kappa shape index (κ3) is 2.60. The van der Waals surface area contributed by atoms with Crippen molar-refractivity contribution in [1.29, 1.82) is 0 Å². The van der Waals surface area contributed by atoms with Crippen molar-refractivity contribution in [3.05, 3.63) is 52.8 Å². The van der Waals surface area contributed by atoms with Crippen LogP contribution >= 0.6 is 11.6 Å². The number of halogens is 1. The summed E-state index contributed by atoms with van der Waals surface area (Å²) in [5, 5.41) is 5.10. The van der Waals surface area contributed by atoms with Crippen LogP contribution in [0, 0.1) is 13.8 Å². The van der Waals surface area contributed by atoms with E-state index in [-0.39, 0.29) is 0 Å². The second-order valence-electron chi connectivity index (χ2n) is 4.80. The van der Waals surface area contributed by atoms with Crippen LogP contribution in [0.15, 0.2) is 36.4 Å². The molecule has 106 valence electrons. The minimum atomic E-state index is 0.461. The molecule has 0 bridgehead atoms. The molecule has 3 aromatic rings. The smallest absolute Gasteiger partial charge is 0.252 e. The van der Waals surface area contributed by atoms with Gasteiger partial charge in [-0.15, -0.1) is 0 Å². The lowest BCUT2D eigenvalue weighted by Crippen LogP contribution is -2.08. The van der Waals surface area contributed by atoms with Crippen molar-refractivity contribution in [1.82, 2.24) is 19.7 Å². The van der Waals surface area contributed by atoms with Gasteiger partial charge in [0, 0.05) is 23.0 Å². The first kappa shape index (κ1) is 13.6. The first-order valence-corrected chi connectivity index (χ1v) is 6.85. The first-order valence-electron chi connectivity index (χ1n) is 6.47. The van der Waals surface area contributed by atoms with Gasteiger partial charge in [0.05, 0.1) is 10.7 Å². The summed E-state index contributed by atoms with van der Waals surface area (Å²) in [6, 6.07) is 11.2. The molecule has 0 saturated carbocycles. The fourth-order valence-electron chi connectivity index (χ4n) is 2.16. The summed E-state index contributed by atoms with van der Waals surface area (Å²) in [4.78, 5) is 8.74. The Kier molecular flexibility index (Phi) is 3.35. The lowest BCUT2D eigenvalue weighted by molar-refractivity contribution is 0.805. The van der Waals surface area contributed by atoms with Crippen LogP contribution in [0.3, 0.4) is 0 Å². The maximum Gasteiger partial charge on any atom is 0.252 e. The predicted octanol–water partition coefficient (Wildman–Crippen LogP) is 3.18. The number of rotatable bonds is 2. The zero-order chi connectivity index (χ0) is 15.0. The summed E-state index contributed by atoms with van der Waals surface area (Å²) in [7, 11) is 0. The molecule has 0 aliphatic carbocycles. The van der Waals surface area contributed by atoms with Gasteiger partial charge in [-0.1, -0.05) is 29.8 Å². The highest BCUT2D eigenvalue weighted by Gasteiger charge is 2.13. The molecule has 0 radical (unpaired) electrons. The largest absolute Gasteiger partial charge is 0.383 e. The van der Waals surface area contributed by atoms with Gasteiger partial charge in [-0.2, -0.15) is 9.78 Å². The number of hydrogen-bond donors (Lipinski definition) is 1. The molecule has 0 fully saturated rings. The van der Waals surface area contributed by atoms with E-state index in [1.54, 1.807) is 6.07 Å². The highest BCUT2D eigenvalue weighted by molar-refractivity contribution is 6.33. The van der Waals surface area contributed by atoms with Crippen LogP contribution in [0.5, 0.6) is 0 Å². The van der Waals surface area contributed by atoms with E-state index >= 15 is 0 Å². The third-order valence-electron chi connectivity index (χ3n) is 3.05. The molecule has 2 heterocycles. The normalized spacial score (nSPS) is 10.8. The van der Waals surface area contributed by atoms with Crippen LogP contribution in [-0.4, -0.2) is 19.7 Å². The summed E-state index contributed by atoms with van der Waals surface area (Å²) < 4.78 is 1.53. The molecule has 0 amide bonds. The molecule has 6 heteroatoms. The summed E-state index contributed by atoms with van der Waals surface area (Å²) >= 11 is 6.20. The van der Waals surface area contributed by atoms with Gasteiger partial charge < -0.3 is 5.73 Å². The number of anilines is 1. The number of benzene rings is 1. The average Bonchev–Trinajstić information content (AvgIpc) is 2.80. The van der Waals surface area contributed by atoms with Gasteiger partial charge in [0.25, 0.3) is 5.95 Å². The van der Waals surface area contributed by atoms with Crippen LogP contribution in [0.2, 0.25) is 5.02 Å². The number of aryl methyl sites for hydroxylation is 2.